The van der Waals surface area contributed by atoms with Crippen molar-refractivity contribution in [2.75, 3.05) is 13.7 Å². The van der Waals surface area contributed by atoms with Crippen LogP contribution in [0.2, 0.25) is 0 Å². The lowest BCUT2D eigenvalue weighted by Gasteiger charge is -2.42. The van der Waals surface area contributed by atoms with Gasteiger partial charge in [0.1, 0.15) is 24.4 Å². The highest BCUT2D eigenvalue weighted by molar-refractivity contribution is 6.30. The second-order valence-electron chi connectivity index (χ2n) is 9.50. The minimum absolute atomic E-state index is 0.119. The molecule has 7 rings (SSSR count). The second kappa shape index (κ2) is 7.76. The Balaban J connectivity index is 1.65. The first-order chi connectivity index (χ1) is 17.5. The van der Waals surface area contributed by atoms with Gasteiger partial charge in [-0.05, 0) is 17.7 Å². The van der Waals surface area contributed by atoms with E-state index >= 15 is 0 Å². The number of carbonyl (C=O) groups excluding carboxylic acids is 1. The highest BCUT2D eigenvalue weighted by Gasteiger charge is 2.46. The quantitative estimate of drug-likeness (QED) is 0.266. The fourth-order valence-corrected chi connectivity index (χ4v) is 6.19. The zero-order valence-corrected chi connectivity index (χ0v) is 19.4. The van der Waals surface area contributed by atoms with Crippen LogP contribution < -0.4 is 5.32 Å². The molecule has 1 saturated heterocycles. The van der Waals surface area contributed by atoms with Crippen molar-refractivity contribution < 1.29 is 29.6 Å². The third-order valence-electron chi connectivity index (χ3n) is 7.73. The number of carbonyl (C=O) groups is 1. The van der Waals surface area contributed by atoms with E-state index in [-0.39, 0.29) is 12.5 Å². The van der Waals surface area contributed by atoms with Crippen LogP contribution in [0.5, 0.6) is 0 Å². The predicted molar refractivity (Wildman–Crippen MR) is 134 cm³/mol. The van der Waals surface area contributed by atoms with E-state index in [1.165, 1.54) is 7.11 Å². The number of aliphatic hydroxyl groups is 3. The Labute approximate surface area is 204 Å². The zero-order chi connectivity index (χ0) is 24.7. The standard InChI is InChI=1S/C27H25N3O6/c1-35-25-17(11-31)36-27(24(33)23(25)32)30-16-9-5-3-7-13(16)18-14-10-28-26(34)20(14)19-12-6-2-4-8-15(12)29-21(19)22(18)30/h2-9,17,23-25,27,29,31-33H,10-11H2,1H3,(H,28,34). The number of hydrogen-bond acceptors (Lipinski definition) is 6. The SMILES string of the molecule is COC1C(CO)OC(n2c3ccccc3c3c4c(c5c6ccccc6[nH]c5c32)C(=O)NC4)C(O)C1O. The maximum Gasteiger partial charge on any atom is 0.252 e. The van der Waals surface area contributed by atoms with Gasteiger partial charge in [0.05, 0.1) is 28.7 Å². The van der Waals surface area contributed by atoms with Crippen molar-refractivity contribution in [1.82, 2.24) is 14.9 Å². The molecule has 9 heteroatoms. The lowest BCUT2D eigenvalue weighted by Crippen LogP contribution is -2.57. The number of aliphatic hydroxyl groups excluding tert-OH is 3. The lowest BCUT2D eigenvalue weighted by atomic mass is 9.96. The van der Waals surface area contributed by atoms with Gasteiger partial charge in [-0.25, -0.2) is 0 Å². The van der Waals surface area contributed by atoms with Gasteiger partial charge in [0.15, 0.2) is 6.23 Å². The van der Waals surface area contributed by atoms with Gasteiger partial charge in [0, 0.05) is 40.7 Å². The summed E-state index contributed by atoms with van der Waals surface area (Å²) in [5, 5.41) is 38.7. The molecule has 5 aromatic rings. The molecule has 2 aromatic heterocycles. The number of fused-ring (bicyclic) bond motifs is 10. The van der Waals surface area contributed by atoms with Gasteiger partial charge in [0.25, 0.3) is 5.91 Å². The normalized spacial score (nSPS) is 26.3. The Morgan fingerprint density at radius 3 is 2.58 bits per heavy atom. The molecule has 3 aromatic carbocycles. The van der Waals surface area contributed by atoms with Crippen LogP contribution in [-0.4, -0.2) is 68.9 Å². The first-order valence-electron chi connectivity index (χ1n) is 12.0. The second-order valence-corrected chi connectivity index (χ2v) is 9.50. The summed E-state index contributed by atoms with van der Waals surface area (Å²) in [5.41, 5.74) is 4.72. The van der Waals surface area contributed by atoms with Crippen molar-refractivity contribution in [2.45, 2.75) is 37.2 Å². The number of aromatic nitrogens is 2. The fourth-order valence-electron chi connectivity index (χ4n) is 6.19. The van der Waals surface area contributed by atoms with E-state index in [2.05, 4.69) is 10.3 Å². The minimum Gasteiger partial charge on any atom is -0.394 e. The maximum atomic E-state index is 13.1. The van der Waals surface area contributed by atoms with E-state index in [4.69, 9.17) is 9.47 Å². The number of methoxy groups -OCH3 is 1. The smallest absolute Gasteiger partial charge is 0.252 e. The summed E-state index contributed by atoms with van der Waals surface area (Å²) in [6.45, 7) is 0.00137. The Morgan fingerprint density at radius 1 is 1.06 bits per heavy atom. The summed E-state index contributed by atoms with van der Waals surface area (Å²) in [7, 11) is 1.41. The largest absolute Gasteiger partial charge is 0.394 e. The number of hydrogen-bond donors (Lipinski definition) is 5. The van der Waals surface area contributed by atoms with Crippen molar-refractivity contribution in [3.8, 4) is 0 Å². The first kappa shape index (κ1) is 21.8. The van der Waals surface area contributed by atoms with Crippen molar-refractivity contribution in [3.63, 3.8) is 0 Å². The molecular formula is C27H25N3O6. The average Bonchev–Trinajstić information content (AvgIpc) is 3.57. The molecule has 4 heterocycles. The molecule has 0 bridgehead atoms. The monoisotopic (exact) mass is 487 g/mol. The number of nitrogens with one attached hydrogen (secondary N) is 2. The van der Waals surface area contributed by atoms with E-state index in [9.17, 15) is 20.1 Å². The average molecular weight is 488 g/mol. The summed E-state index contributed by atoms with van der Waals surface area (Å²) >= 11 is 0. The summed E-state index contributed by atoms with van der Waals surface area (Å²) < 4.78 is 13.5. The molecule has 9 nitrogen and oxygen atoms in total. The Hall–Kier alpha value is -3.47. The molecule has 0 radical (unpaired) electrons. The molecular weight excluding hydrogens is 462 g/mol. The molecule has 2 aliphatic heterocycles. The number of H-pyrrole nitrogens is 1. The topological polar surface area (TPSA) is 129 Å². The predicted octanol–water partition coefficient (Wildman–Crippen LogP) is 2.30. The van der Waals surface area contributed by atoms with Crippen LogP contribution in [0.3, 0.4) is 0 Å². The van der Waals surface area contributed by atoms with Gasteiger partial charge in [0.2, 0.25) is 0 Å². The maximum absolute atomic E-state index is 13.1. The molecule has 0 aliphatic carbocycles. The van der Waals surface area contributed by atoms with Crippen LogP contribution in [0.25, 0.3) is 43.6 Å². The van der Waals surface area contributed by atoms with Gasteiger partial charge < -0.3 is 39.7 Å². The van der Waals surface area contributed by atoms with Gasteiger partial charge in [-0.2, -0.15) is 0 Å². The van der Waals surface area contributed by atoms with Crippen molar-refractivity contribution in [2.24, 2.45) is 0 Å². The number of ether oxygens (including phenoxy) is 2. The molecule has 1 fully saturated rings. The number of para-hydroxylation sites is 2. The number of amides is 1. The van der Waals surface area contributed by atoms with Gasteiger partial charge in [-0.3, -0.25) is 4.79 Å². The van der Waals surface area contributed by atoms with E-state index in [1.54, 1.807) is 0 Å². The molecule has 184 valence electrons. The van der Waals surface area contributed by atoms with Crippen LogP contribution in [-0.2, 0) is 16.0 Å². The number of nitrogens with zero attached hydrogens (tertiary/aromatic N) is 1. The van der Waals surface area contributed by atoms with Crippen LogP contribution in [0.15, 0.2) is 48.5 Å². The van der Waals surface area contributed by atoms with Crippen molar-refractivity contribution in [1.29, 1.82) is 0 Å². The number of aromatic amines is 1. The molecule has 5 atom stereocenters. The van der Waals surface area contributed by atoms with Crippen molar-refractivity contribution in [3.05, 3.63) is 59.7 Å². The molecule has 1 amide bonds. The molecule has 36 heavy (non-hydrogen) atoms. The Bertz CT molecular complexity index is 1690. The van der Waals surface area contributed by atoms with E-state index in [0.717, 1.165) is 49.2 Å². The minimum atomic E-state index is -1.33. The molecule has 5 N–H and O–H groups in total. The summed E-state index contributed by atoms with van der Waals surface area (Å²) in [6, 6.07) is 15.6. The van der Waals surface area contributed by atoms with Crippen molar-refractivity contribution >= 4 is 49.5 Å². The highest BCUT2D eigenvalue weighted by atomic mass is 16.6. The van der Waals surface area contributed by atoms with E-state index in [1.807, 2.05) is 53.1 Å². The fraction of sp³-hybridized carbons (Fsp3) is 0.296. The molecule has 2 aliphatic rings. The lowest BCUT2D eigenvalue weighted by molar-refractivity contribution is -0.255. The van der Waals surface area contributed by atoms with Crippen LogP contribution in [0.1, 0.15) is 22.1 Å². The summed E-state index contributed by atoms with van der Waals surface area (Å²) in [4.78, 5) is 16.6. The highest BCUT2D eigenvalue weighted by Crippen LogP contribution is 2.46. The molecule has 0 spiro atoms. The number of benzene rings is 3. The molecule has 5 unspecified atom stereocenters. The summed E-state index contributed by atoms with van der Waals surface area (Å²) in [6.07, 6.45) is -5.34. The van der Waals surface area contributed by atoms with E-state index < -0.39 is 30.6 Å². The van der Waals surface area contributed by atoms with E-state index in [0.29, 0.717) is 12.1 Å². The zero-order valence-electron chi connectivity index (χ0n) is 19.4. The molecule has 0 saturated carbocycles. The first-order valence-corrected chi connectivity index (χ1v) is 12.0. The van der Waals surface area contributed by atoms with Gasteiger partial charge in [-0.1, -0.05) is 36.4 Å². The number of rotatable bonds is 3. The third kappa shape index (κ3) is 2.69. The Kier molecular flexibility index (Phi) is 4.70. The Morgan fingerprint density at radius 2 is 1.81 bits per heavy atom. The van der Waals surface area contributed by atoms with Crippen LogP contribution in [0.4, 0.5) is 0 Å². The van der Waals surface area contributed by atoms with Gasteiger partial charge in [-0.15, -0.1) is 0 Å². The van der Waals surface area contributed by atoms with Crippen LogP contribution in [0, 0.1) is 0 Å². The third-order valence-corrected chi connectivity index (χ3v) is 7.73. The van der Waals surface area contributed by atoms with Crippen LogP contribution >= 0.6 is 0 Å². The summed E-state index contributed by atoms with van der Waals surface area (Å²) in [5.74, 6) is -0.119. The van der Waals surface area contributed by atoms with Gasteiger partial charge >= 0.3 is 0 Å².